The lowest BCUT2D eigenvalue weighted by atomic mass is 9.96. The molecule has 1 aliphatic heterocycles. The van der Waals surface area contributed by atoms with E-state index in [2.05, 4.69) is 0 Å². The first-order valence-electron chi connectivity index (χ1n) is 8.58. The van der Waals surface area contributed by atoms with E-state index in [0.29, 0.717) is 31.7 Å². The van der Waals surface area contributed by atoms with Crippen LogP contribution in [0, 0.1) is 26.7 Å². The van der Waals surface area contributed by atoms with Crippen LogP contribution in [-0.2, 0) is 4.79 Å². The number of esters is 1. The minimum atomic E-state index is -0.181. The highest BCUT2D eigenvalue weighted by Crippen LogP contribution is 2.28. The number of likely N-dealkylation sites (tertiary alicyclic amines) is 1. The molecule has 0 atom stereocenters. The standard InChI is InChI=1S/C20H23NO3S/c1-13-6-7-14(2)18(15(13)3)24-20(23)16-8-10-21(11-9-16)19(22)17-5-4-12-25-17/h4-7,12,16H,8-11H2,1-3H3. The number of ether oxygens (including phenoxy) is 1. The lowest BCUT2D eigenvalue weighted by Crippen LogP contribution is -2.41. The maximum absolute atomic E-state index is 12.6. The Morgan fingerprint density at radius 3 is 2.40 bits per heavy atom. The van der Waals surface area contributed by atoms with Gasteiger partial charge in [-0.25, -0.2) is 0 Å². The summed E-state index contributed by atoms with van der Waals surface area (Å²) in [5.74, 6) is 0.418. The van der Waals surface area contributed by atoms with E-state index in [4.69, 9.17) is 4.74 Å². The van der Waals surface area contributed by atoms with Crippen LogP contribution in [0.3, 0.4) is 0 Å². The maximum atomic E-state index is 12.6. The van der Waals surface area contributed by atoms with Gasteiger partial charge in [-0.3, -0.25) is 9.59 Å². The highest BCUT2D eigenvalue weighted by atomic mass is 32.1. The van der Waals surface area contributed by atoms with Gasteiger partial charge in [0.1, 0.15) is 5.75 Å². The maximum Gasteiger partial charge on any atom is 0.314 e. The molecule has 1 aromatic carbocycles. The molecule has 2 heterocycles. The SMILES string of the molecule is Cc1ccc(C)c(OC(=O)C2CCN(C(=O)c3cccs3)CC2)c1C. The van der Waals surface area contributed by atoms with Crippen LogP contribution in [0.2, 0.25) is 0 Å². The quantitative estimate of drug-likeness (QED) is 0.613. The third-order valence-electron chi connectivity index (χ3n) is 4.92. The van der Waals surface area contributed by atoms with E-state index >= 15 is 0 Å². The van der Waals surface area contributed by atoms with Gasteiger partial charge < -0.3 is 9.64 Å². The van der Waals surface area contributed by atoms with Gasteiger partial charge in [0.15, 0.2) is 0 Å². The first-order valence-corrected chi connectivity index (χ1v) is 9.46. The second-order valence-electron chi connectivity index (χ2n) is 6.62. The van der Waals surface area contributed by atoms with Gasteiger partial charge in [-0.15, -0.1) is 11.3 Å². The number of amides is 1. The second kappa shape index (κ2) is 7.40. The van der Waals surface area contributed by atoms with Crippen molar-refractivity contribution < 1.29 is 14.3 Å². The van der Waals surface area contributed by atoms with E-state index in [0.717, 1.165) is 21.6 Å². The fraction of sp³-hybridized carbons (Fsp3) is 0.400. The van der Waals surface area contributed by atoms with Gasteiger partial charge in [-0.05, 0) is 61.7 Å². The molecule has 4 nitrogen and oxygen atoms in total. The number of thiophene rings is 1. The average molecular weight is 357 g/mol. The van der Waals surface area contributed by atoms with Crippen molar-refractivity contribution in [1.29, 1.82) is 0 Å². The van der Waals surface area contributed by atoms with Crippen LogP contribution >= 0.6 is 11.3 Å². The molecule has 0 unspecified atom stereocenters. The number of rotatable bonds is 3. The van der Waals surface area contributed by atoms with Crippen molar-refractivity contribution in [2.75, 3.05) is 13.1 Å². The molecular formula is C20H23NO3S. The van der Waals surface area contributed by atoms with Gasteiger partial charge in [-0.1, -0.05) is 18.2 Å². The summed E-state index contributed by atoms with van der Waals surface area (Å²) in [5, 5.41) is 1.91. The summed E-state index contributed by atoms with van der Waals surface area (Å²) in [7, 11) is 0. The third-order valence-corrected chi connectivity index (χ3v) is 5.78. The minimum absolute atomic E-state index is 0.0622. The number of carbonyl (C=O) groups is 2. The molecule has 0 saturated carbocycles. The van der Waals surface area contributed by atoms with Crippen molar-refractivity contribution in [1.82, 2.24) is 4.90 Å². The molecule has 2 aromatic rings. The molecule has 5 heteroatoms. The highest BCUT2D eigenvalue weighted by Gasteiger charge is 2.30. The molecule has 1 saturated heterocycles. The summed E-state index contributed by atoms with van der Waals surface area (Å²) in [4.78, 5) is 27.5. The van der Waals surface area contributed by atoms with Gasteiger partial charge in [-0.2, -0.15) is 0 Å². The molecule has 3 rings (SSSR count). The number of carbonyl (C=O) groups excluding carboxylic acids is 2. The minimum Gasteiger partial charge on any atom is -0.426 e. The third kappa shape index (κ3) is 3.76. The summed E-state index contributed by atoms with van der Waals surface area (Å²) >= 11 is 1.46. The molecule has 132 valence electrons. The summed E-state index contributed by atoms with van der Waals surface area (Å²) in [6, 6.07) is 7.75. The first-order chi connectivity index (χ1) is 12.0. The first kappa shape index (κ1) is 17.7. The number of hydrogen-bond donors (Lipinski definition) is 0. The molecular weight excluding hydrogens is 334 g/mol. The van der Waals surface area contributed by atoms with Gasteiger partial charge in [0, 0.05) is 13.1 Å². The summed E-state index contributed by atoms with van der Waals surface area (Å²) < 4.78 is 5.72. The molecule has 1 amide bonds. The van der Waals surface area contributed by atoms with Gasteiger partial charge in [0.05, 0.1) is 10.8 Å². The summed E-state index contributed by atoms with van der Waals surface area (Å²) in [6.45, 7) is 7.15. The smallest absolute Gasteiger partial charge is 0.314 e. The van der Waals surface area contributed by atoms with Crippen LogP contribution < -0.4 is 4.74 Å². The Labute approximate surface area is 152 Å². The number of benzene rings is 1. The Balaban J connectivity index is 1.61. The zero-order chi connectivity index (χ0) is 18.0. The van der Waals surface area contributed by atoms with Crippen LogP contribution in [0.4, 0.5) is 0 Å². The fourth-order valence-corrected chi connectivity index (χ4v) is 3.83. The van der Waals surface area contributed by atoms with Crippen LogP contribution in [0.15, 0.2) is 29.6 Å². The van der Waals surface area contributed by atoms with E-state index in [1.165, 1.54) is 11.3 Å². The molecule has 0 N–H and O–H groups in total. The Hall–Kier alpha value is -2.14. The Bertz CT molecular complexity index is 774. The summed E-state index contributed by atoms with van der Waals surface area (Å²) in [6.07, 6.45) is 1.31. The van der Waals surface area contributed by atoms with Gasteiger partial charge >= 0.3 is 5.97 Å². The molecule has 0 aliphatic carbocycles. The highest BCUT2D eigenvalue weighted by molar-refractivity contribution is 7.12. The van der Waals surface area contributed by atoms with E-state index in [1.54, 1.807) is 0 Å². The number of piperidine rings is 1. The monoisotopic (exact) mass is 357 g/mol. The average Bonchev–Trinajstić information content (AvgIpc) is 3.16. The second-order valence-corrected chi connectivity index (χ2v) is 7.57. The van der Waals surface area contributed by atoms with Crippen molar-refractivity contribution in [2.24, 2.45) is 5.92 Å². The molecule has 1 aromatic heterocycles. The molecule has 0 bridgehead atoms. The molecule has 1 fully saturated rings. The molecule has 0 spiro atoms. The number of hydrogen-bond acceptors (Lipinski definition) is 4. The Kier molecular flexibility index (Phi) is 5.23. The zero-order valence-electron chi connectivity index (χ0n) is 14.9. The lowest BCUT2D eigenvalue weighted by molar-refractivity contribution is -0.140. The van der Waals surface area contributed by atoms with Gasteiger partial charge in [0.25, 0.3) is 5.91 Å². The number of aryl methyl sites for hydroxylation is 2. The Morgan fingerprint density at radius 2 is 1.76 bits per heavy atom. The van der Waals surface area contributed by atoms with Crippen molar-refractivity contribution in [3.05, 3.63) is 51.2 Å². The van der Waals surface area contributed by atoms with Crippen molar-refractivity contribution in [3.63, 3.8) is 0 Å². The predicted octanol–water partition coefficient (Wildman–Crippen LogP) is 4.13. The topological polar surface area (TPSA) is 46.6 Å². The van der Waals surface area contributed by atoms with E-state index < -0.39 is 0 Å². The van der Waals surface area contributed by atoms with E-state index in [9.17, 15) is 9.59 Å². The lowest BCUT2D eigenvalue weighted by Gasteiger charge is -2.30. The van der Waals surface area contributed by atoms with Crippen LogP contribution in [-0.4, -0.2) is 29.9 Å². The van der Waals surface area contributed by atoms with E-state index in [1.807, 2.05) is 55.3 Å². The summed E-state index contributed by atoms with van der Waals surface area (Å²) in [5.41, 5.74) is 3.10. The largest absolute Gasteiger partial charge is 0.426 e. The predicted molar refractivity (Wildman–Crippen MR) is 99.2 cm³/mol. The van der Waals surface area contributed by atoms with E-state index in [-0.39, 0.29) is 17.8 Å². The van der Waals surface area contributed by atoms with Crippen molar-refractivity contribution in [3.8, 4) is 5.75 Å². The molecule has 0 radical (unpaired) electrons. The zero-order valence-corrected chi connectivity index (χ0v) is 15.7. The van der Waals surface area contributed by atoms with Crippen molar-refractivity contribution in [2.45, 2.75) is 33.6 Å². The Morgan fingerprint density at radius 1 is 1.08 bits per heavy atom. The molecule has 25 heavy (non-hydrogen) atoms. The van der Waals surface area contributed by atoms with Crippen LogP contribution in [0.25, 0.3) is 0 Å². The molecule has 1 aliphatic rings. The van der Waals surface area contributed by atoms with Crippen LogP contribution in [0.5, 0.6) is 5.75 Å². The van der Waals surface area contributed by atoms with Crippen LogP contribution in [0.1, 0.15) is 39.2 Å². The normalized spacial score (nSPS) is 15.2. The number of nitrogens with zero attached hydrogens (tertiary/aromatic N) is 1. The van der Waals surface area contributed by atoms with Gasteiger partial charge in [0.2, 0.25) is 0 Å². The van der Waals surface area contributed by atoms with Crippen molar-refractivity contribution >= 4 is 23.2 Å². The fourth-order valence-electron chi connectivity index (χ4n) is 3.14.